The number of carbonyl (C=O) groups is 1. The Labute approximate surface area is 133 Å². The normalized spacial score (nSPS) is 14.5. The molecular formula is C13H27IN4O. The molecule has 0 saturated heterocycles. The van der Waals surface area contributed by atoms with Gasteiger partial charge in [0, 0.05) is 19.1 Å². The first-order chi connectivity index (χ1) is 8.76. The third-order valence-corrected chi connectivity index (χ3v) is 2.74. The van der Waals surface area contributed by atoms with E-state index in [1.165, 1.54) is 12.8 Å². The molecule has 0 aromatic heterocycles. The van der Waals surface area contributed by atoms with Gasteiger partial charge in [0.25, 0.3) is 0 Å². The third-order valence-electron chi connectivity index (χ3n) is 2.74. The molecule has 3 N–H and O–H groups in total. The van der Waals surface area contributed by atoms with Gasteiger partial charge in [0.05, 0.1) is 0 Å². The van der Waals surface area contributed by atoms with Crippen LogP contribution in [0.1, 0.15) is 46.0 Å². The van der Waals surface area contributed by atoms with Gasteiger partial charge < -0.3 is 16.0 Å². The Bertz CT molecular complexity index is 280. The molecule has 1 rings (SSSR count). The predicted octanol–water partition coefficient (Wildman–Crippen LogP) is 1.63. The van der Waals surface area contributed by atoms with Gasteiger partial charge in [0.1, 0.15) is 6.54 Å². The molecule has 0 heterocycles. The molecule has 5 nitrogen and oxygen atoms in total. The summed E-state index contributed by atoms with van der Waals surface area (Å²) in [5, 5.41) is 9.31. The number of halogens is 1. The van der Waals surface area contributed by atoms with Gasteiger partial charge in [-0.15, -0.1) is 24.0 Å². The van der Waals surface area contributed by atoms with Gasteiger partial charge in [-0.25, -0.2) is 4.99 Å². The summed E-state index contributed by atoms with van der Waals surface area (Å²) >= 11 is 0. The van der Waals surface area contributed by atoms with E-state index < -0.39 is 0 Å². The average molecular weight is 382 g/mol. The highest BCUT2D eigenvalue weighted by Crippen LogP contribution is 2.18. The second-order valence-electron chi connectivity index (χ2n) is 4.67. The van der Waals surface area contributed by atoms with Crippen LogP contribution in [0.25, 0.3) is 0 Å². The zero-order valence-electron chi connectivity index (χ0n) is 12.0. The number of unbranched alkanes of at least 4 members (excludes halogenated alkanes) is 2. The fraction of sp³-hybridized carbons (Fsp3) is 0.846. The molecule has 0 aromatic rings. The summed E-state index contributed by atoms with van der Waals surface area (Å²) < 4.78 is 0. The summed E-state index contributed by atoms with van der Waals surface area (Å²) in [4.78, 5) is 15.8. The van der Waals surface area contributed by atoms with Crippen molar-refractivity contribution in [1.82, 2.24) is 16.0 Å². The lowest BCUT2D eigenvalue weighted by atomic mass is 10.2. The molecule has 19 heavy (non-hydrogen) atoms. The highest BCUT2D eigenvalue weighted by Gasteiger charge is 2.22. The highest BCUT2D eigenvalue weighted by molar-refractivity contribution is 14.0. The maximum Gasteiger partial charge on any atom is 0.242 e. The Morgan fingerprint density at radius 2 is 1.95 bits per heavy atom. The first-order valence-corrected chi connectivity index (χ1v) is 7.07. The molecule has 0 atom stereocenters. The SMILES string of the molecule is CCCCCNC(=NCC(=O)NC1CC1)NCC.I. The van der Waals surface area contributed by atoms with Crippen molar-refractivity contribution >= 4 is 35.8 Å². The van der Waals surface area contributed by atoms with Crippen LogP contribution in [-0.2, 0) is 4.79 Å². The number of hydrogen-bond acceptors (Lipinski definition) is 2. The van der Waals surface area contributed by atoms with Crippen LogP contribution < -0.4 is 16.0 Å². The standard InChI is InChI=1S/C13H26N4O.HI/c1-3-5-6-9-15-13(14-4-2)16-10-12(18)17-11-7-8-11;/h11H,3-10H2,1-2H3,(H,17,18)(H2,14,15,16);1H. The maximum absolute atomic E-state index is 11.5. The molecule has 6 heteroatoms. The zero-order valence-corrected chi connectivity index (χ0v) is 14.3. The molecule has 1 amide bonds. The van der Waals surface area contributed by atoms with E-state index in [0.29, 0.717) is 6.04 Å². The average Bonchev–Trinajstić information content (AvgIpc) is 3.15. The van der Waals surface area contributed by atoms with Crippen molar-refractivity contribution in [1.29, 1.82) is 0 Å². The molecular weight excluding hydrogens is 355 g/mol. The maximum atomic E-state index is 11.5. The van der Waals surface area contributed by atoms with Gasteiger partial charge >= 0.3 is 0 Å². The first-order valence-electron chi connectivity index (χ1n) is 7.07. The van der Waals surface area contributed by atoms with Gasteiger partial charge in [0.15, 0.2) is 5.96 Å². The minimum atomic E-state index is 0. The molecule has 0 aromatic carbocycles. The number of amides is 1. The van der Waals surface area contributed by atoms with Crippen LogP contribution in [0, 0.1) is 0 Å². The molecule has 0 aliphatic heterocycles. The van der Waals surface area contributed by atoms with Crippen LogP contribution in [-0.4, -0.2) is 37.5 Å². The van der Waals surface area contributed by atoms with Crippen molar-refractivity contribution in [3.8, 4) is 0 Å². The van der Waals surface area contributed by atoms with Crippen LogP contribution in [0.5, 0.6) is 0 Å². The van der Waals surface area contributed by atoms with Crippen molar-refractivity contribution in [2.45, 2.75) is 52.0 Å². The Kier molecular flexibility index (Phi) is 11.0. The molecule has 1 aliphatic carbocycles. The second kappa shape index (κ2) is 11.3. The number of nitrogens with zero attached hydrogens (tertiary/aromatic N) is 1. The van der Waals surface area contributed by atoms with Gasteiger partial charge in [-0.3, -0.25) is 4.79 Å². The van der Waals surface area contributed by atoms with Crippen molar-refractivity contribution in [3.05, 3.63) is 0 Å². The summed E-state index contributed by atoms with van der Waals surface area (Å²) in [6.45, 7) is 6.13. The minimum Gasteiger partial charge on any atom is -0.357 e. The first kappa shape index (κ1) is 18.5. The van der Waals surface area contributed by atoms with Crippen LogP contribution in [0.4, 0.5) is 0 Å². The topological polar surface area (TPSA) is 65.5 Å². The molecule has 1 saturated carbocycles. The van der Waals surface area contributed by atoms with Gasteiger partial charge in [0.2, 0.25) is 5.91 Å². The van der Waals surface area contributed by atoms with E-state index in [2.05, 4.69) is 27.9 Å². The van der Waals surface area contributed by atoms with Crippen LogP contribution >= 0.6 is 24.0 Å². The smallest absolute Gasteiger partial charge is 0.242 e. The van der Waals surface area contributed by atoms with Gasteiger partial charge in [-0.1, -0.05) is 19.8 Å². The van der Waals surface area contributed by atoms with Gasteiger partial charge in [-0.05, 0) is 26.2 Å². The fourth-order valence-corrected chi connectivity index (χ4v) is 1.58. The summed E-state index contributed by atoms with van der Waals surface area (Å²) in [5.41, 5.74) is 0. The Morgan fingerprint density at radius 1 is 1.21 bits per heavy atom. The lowest BCUT2D eigenvalue weighted by Gasteiger charge is -2.10. The highest BCUT2D eigenvalue weighted by atomic mass is 127. The lowest BCUT2D eigenvalue weighted by molar-refractivity contribution is -0.119. The summed E-state index contributed by atoms with van der Waals surface area (Å²) in [5.74, 6) is 0.753. The van der Waals surface area contributed by atoms with E-state index in [0.717, 1.165) is 38.3 Å². The Balaban J connectivity index is 0.00000324. The quantitative estimate of drug-likeness (QED) is 0.259. The van der Waals surface area contributed by atoms with E-state index >= 15 is 0 Å². The third kappa shape index (κ3) is 9.98. The predicted molar refractivity (Wildman–Crippen MR) is 90.1 cm³/mol. The molecule has 0 radical (unpaired) electrons. The van der Waals surface area contributed by atoms with Crippen LogP contribution in [0.2, 0.25) is 0 Å². The van der Waals surface area contributed by atoms with E-state index in [1.54, 1.807) is 0 Å². The molecule has 1 fully saturated rings. The van der Waals surface area contributed by atoms with E-state index in [-0.39, 0.29) is 36.4 Å². The molecule has 112 valence electrons. The van der Waals surface area contributed by atoms with Crippen molar-refractivity contribution in [3.63, 3.8) is 0 Å². The molecule has 0 spiro atoms. The monoisotopic (exact) mass is 382 g/mol. The Hall–Kier alpha value is -0.530. The largest absolute Gasteiger partial charge is 0.357 e. The number of nitrogens with one attached hydrogen (secondary N) is 3. The van der Waals surface area contributed by atoms with Gasteiger partial charge in [-0.2, -0.15) is 0 Å². The number of rotatable bonds is 8. The van der Waals surface area contributed by atoms with Crippen molar-refractivity contribution < 1.29 is 4.79 Å². The van der Waals surface area contributed by atoms with Crippen LogP contribution in [0.3, 0.4) is 0 Å². The summed E-state index contributed by atoms with van der Waals surface area (Å²) in [6.07, 6.45) is 5.79. The summed E-state index contributed by atoms with van der Waals surface area (Å²) in [6, 6.07) is 0.410. The molecule has 0 unspecified atom stereocenters. The lowest BCUT2D eigenvalue weighted by Crippen LogP contribution is -2.39. The van der Waals surface area contributed by atoms with Crippen LogP contribution in [0.15, 0.2) is 4.99 Å². The van der Waals surface area contributed by atoms with E-state index in [9.17, 15) is 4.79 Å². The van der Waals surface area contributed by atoms with Crippen molar-refractivity contribution in [2.75, 3.05) is 19.6 Å². The molecule has 1 aliphatic rings. The fourth-order valence-electron chi connectivity index (χ4n) is 1.58. The number of hydrogen-bond donors (Lipinski definition) is 3. The zero-order chi connectivity index (χ0) is 13.2. The van der Waals surface area contributed by atoms with E-state index in [4.69, 9.17) is 0 Å². The minimum absolute atomic E-state index is 0. The van der Waals surface area contributed by atoms with E-state index in [1.807, 2.05) is 6.92 Å². The number of carbonyl (C=O) groups excluding carboxylic acids is 1. The summed E-state index contributed by atoms with van der Waals surface area (Å²) in [7, 11) is 0. The number of guanidine groups is 1. The molecule has 0 bridgehead atoms. The second-order valence-corrected chi connectivity index (χ2v) is 4.67. The Morgan fingerprint density at radius 3 is 2.53 bits per heavy atom. The van der Waals surface area contributed by atoms with Crippen molar-refractivity contribution in [2.24, 2.45) is 4.99 Å². The number of aliphatic imine (C=N–C) groups is 1.